The molecule has 0 unspecified atom stereocenters. The highest BCUT2D eigenvalue weighted by Crippen LogP contribution is 1.54. The Labute approximate surface area is 52.5 Å². The van der Waals surface area contributed by atoms with Crippen molar-refractivity contribution in [3.05, 3.63) is 0 Å². The predicted octanol–water partition coefficient (Wildman–Crippen LogP) is 0.447. The first-order valence-corrected chi connectivity index (χ1v) is 1.91. The molecule has 0 heterocycles. The van der Waals surface area contributed by atoms with E-state index < -0.39 is 0 Å². The molecule has 0 saturated heterocycles. The van der Waals surface area contributed by atoms with Crippen LogP contribution in [-0.2, 0) is 0 Å². The van der Waals surface area contributed by atoms with Gasteiger partial charge in [-0.3, -0.25) is 0 Å². The van der Waals surface area contributed by atoms with Gasteiger partial charge in [0.1, 0.15) is 6.17 Å². The van der Waals surface area contributed by atoms with Gasteiger partial charge in [0.05, 0.1) is 0 Å². The molecule has 2 heteroatoms. The van der Waals surface area contributed by atoms with E-state index in [0.29, 0.717) is 0 Å². The normalized spacial score (nSPS) is 3.56. The fraction of sp³-hybridized carbons (Fsp3) is 0. The van der Waals surface area contributed by atoms with Gasteiger partial charge in [-0.25, -0.2) is 0 Å². The monoisotopic (exact) mass is 117 g/mol. The smallest absolute Gasteiger partial charge is 0.153 e. The highest BCUT2D eigenvalue weighted by Gasteiger charge is 1.53. The topological polar surface area (TPSA) is 23.8 Å². The summed E-state index contributed by atoms with van der Waals surface area (Å²) in [4.78, 5) is 0. The summed E-state index contributed by atoms with van der Waals surface area (Å²) < 4.78 is 10.9. The van der Waals surface area contributed by atoms with Crippen molar-refractivity contribution in [3.63, 3.8) is 0 Å². The van der Waals surface area contributed by atoms with E-state index >= 15 is 0 Å². The van der Waals surface area contributed by atoms with Gasteiger partial charge in [-0.15, -0.1) is 4.39 Å². The third-order valence-corrected chi connectivity index (χ3v) is 0.353. The lowest BCUT2D eigenvalue weighted by Gasteiger charge is -1.49. The fourth-order valence-electron chi connectivity index (χ4n) is 0.145. The van der Waals surface area contributed by atoms with Gasteiger partial charge in [-0.2, -0.15) is 5.26 Å². The molecule has 0 fully saturated rings. The molecule has 0 bridgehead atoms. The van der Waals surface area contributed by atoms with Crippen LogP contribution in [0.15, 0.2) is 0 Å². The van der Waals surface area contributed by atoms with Crippen LogP contribution in [0.3, 0.4) is 0 Å². The van der Waals surface area contributed by atoms with Crippen molar-refractivity contribution in [2.45, 2.75) is 0 Å². The van der Waals surface area contributed by atoms with Gasteiger partial charge in [0.25, 0.3) is 0 Å². The molecule has 0 aromatic carbocycles. The largest absolute Gasteiger partial charge is 0.183 e. The Balaban J connectivity index is 3.90. The minimum Gasteiger partial charge on any atom is -0.183 e. The fourth-order valence-corrected chi connectivity index (χ4v) is 0.145. The van der Waals surface area contributed by atoms with Crippen molar-refractivity contribution in [1.29, 1.82) is 5.26 Å². The molecule has 0 atom stereocenters. The van der Waals surface area contributed by atoms with E-state index in [2.05, 4.69) is 17.8 Å². The zero-order valence-electron chi connectivity index (χ0n) is 4.33. The summed E-state index contributed by atoms with van der Waals surface area (Å²) in [6.45, 7) is 0. The predicted molar refractivity (Wildman–Crippen MR) is 30.0 cm³/mol. The molecule has 0 aliphatic rings. The van der Waals surface area contributed by atoms with Gasteiger partial charge >= 0.3 is 0 Å². The Morgan fingerprint density at radius 3 is 2.00 bits per heavy atom. The van der Waals surface area contributed by atoms with Gasteiger partial charge in [-0.05, 0) is 0 Å². The second kappa shape index (κ2) is 6.10. The number of hydrogen-bond acceptors (Lipinski definition) is 1. The first-order valence-electron chi connectivity index (χ1n) is 1.91. The van der Waals surface area contributed by atoms with E-state index in [0.717, 1.165) is 6.17 Å². The number of nitrogens with zero attached hydrogens (tertiary/aromatic N) is 1. The molecule has 0 aromatic heterocycles. The van der Waals surface area contributed by atoms with Crippen molar-refractivity contribution in [1.82, 2.24) is 0 Å². The maximum atomic E-state index is 10.9. The van der Waals surface area contributed by atoms with Crippen LogP contribution in [-0.4, -0.2) is 0 Å². The third kappa shape index (κ3) is 6.10. The van der Waals surface area contributed by atoms with Gasteiger partial charge in [0.2, 0.25) is 0 Å². The zero-order chi connectivity index (χ0) is 6.95. The van der Waals surface area contributed by atoms with Gasteiger partial charge in [0, 0.05) is 29.6 Å². The van der Waals surface area contributed by atoms with E-state index in [1.165, 1.54) is 6.07 Å². The maximum Gasteiger partial charge on any atom is 0.153 e. The molecule has 0 rings (SSSR count). The summed E-state index contributed by atoms with van der Waals surface area (Å²) in [7, 11) is 0. The highest BCUT2D eigenvalue weighted by molar-refractivity contribution is 5.37. The molecule has 1 nitrogen and oxygen atoms in total. The quantitative estimate of drug-likeness (QED) is 0.422. The number of nitriles is 1. The summed E-state index contributed by atoms with van der Waals surface area (Å²) >= 11 is 0. The summed E-state index contributed by atoms with van der Waals surface area (Å²) in [5.74, 6) is 10.1. The molecule has 9 heavy (non-hydrogen) atoms. The lowest BCUT2D eigenvalue weighted by Crippen LogP contribution is -1.49. The second-order valence-corrected chi connectivity index (χ2v) is 0.831. The molecule has 0 aliphatic heterocycles. The lowest BCUT2D eigenvalue weighted by atomic mass is 10.5. The first-order chi connectivity index (χ1) is 4.41. The average Bonchev–Trinajstić information content (AvgIpc) is 1.89. The van der Waals surface area contributed by atoms with Crippen LogP contribution in [0.2, 0.25) is 0 Å². The Bertz CT molecular complexity index is 290. The molecular weight excluding hydrogens is 117 g/mol. The number of rotatable bonds is 0. The standard InChI is InChI=1S/C7FN/c8-6-4-2-1-3-5-7-9. The molecule has 0 saturated carbocycles. The Kier molecular flexibility index (Phi) is 4.81. The van der Waals surface area contributed by atoms with Gasteiger partial charge in [-0.1, -0.05) is 0 Å². The minimum absolute atomic E-state index is 1.07. The van der Waals surface area contributed by atoms with Crippen molar-refractivity contribution in [3.8, 4) is 41.8 Å². The van der Waals surface area contributed by atoms with Crippen LogP contribution in [0.4, 0.5) is 4.39 Å². The number of hydrogen-bond donors (Lipinski definition) is 0. The molecule has 0 aromatic rings. The molecule has 0 aliphatic carbocycles. The van der Waals surface area contributed by atoms with Crippen molar-refractivity contribution >= 4 is 0 Å². The Morgan fingerprint density at radius 1 is 0.889 bits per heavy atom. The maximum absolute atomic E-state index is 10.9. The Hall–Kier alpha value is -1.90. The third-order valence-electron chi connectivity index (χ3n) is 0.353. The molecule has 0 spiro atoms. The first kappa shape index (κ1) is 7.10. The van der Waals surface area contributed by atoms with Crippen LogP contribution in [0, 0.1) is 47.1 Å². The van der Waals surface area contributed by atoms with Crippen molar-refractivity contribution in [2.75, 3.05) is 0 Å². The minimum atomic E-state index is 1.07. The van der Waals surface area contributed by atoms with Crippen LogP contribution in [0.5, 0.6) is 0 Å². The highest BCUT2D eigenvalue weighted by atomic mass is 19.1. The van der Waals surface area contributed by atoms with Crippen LogP contribution in [0.25, 0.3) is 0 Å². The van der Waals surface area contributed by atoms with E-state index in [1.807, 2.05) is 11.8 Å². The summed E-state index contributed by atoms with van der Waals surface area (Å²) in [6.07, 6.45) is 1.07. The lowest BCUT2D eigenvalue weighted by molar-refractivity contribution is 0.774. The zero-order valence-corrected chi connectivity index (χ0v) is 4.33. The van der Waals surface area contributed by atoms with Gasteiger partial charge < -0.3 is 0 Å². The molecule has 0 N–H and O–H groups in total. The molecule has 40 valence electrons. The number of halogens is 1. The Morgan fingerprint density at radius 2 is 1.44 bits per heavy atom. The van der Waals surface area contributed by atoms with E-state index in [-0.39, 0.29) is 0 Å². The summed E-state index contributed by atoms with van der Waals surface area (Å²) in [6, 6.07) is 1.54. The summed E-state index contributed by atoms with van der Waals surface area (Å²) in [5.41, 5.74) is 0. The average molecular weight is 117 g/mol. The van der Waals surface area contributed by atoms with Crippen molar-refractivity contribution < 1.29 is 4.39 Å². The molecule has 0 amide bonds. The molecular formula is C7FN. The molecule has 0 radical (unpaired) electrons. The van der Waals surface area contributed by atoms with Crippen LogP contribution < -0.4 is 0 Å². The van der Waals surface area contributed by atoms with E-state index in [4.69, 9.17) is 5.26 Å². The van der Waals surface area contributed by atoms with Crippen molar-refractivity contribution in [2.24, 2.45) is 0 Å². The van der Waals surface area contributed by atoms with Crippen LogP contribution >= 0.6 is 0 Å². The second-order valence-electron chi connectivity index (χ2n) is 0.831. The van der Waals surface area contributed by atoms with Gasteiger partial charge in [0.15, 0.2) is 6.07 Å². The van der Waals surface area contributed by atoms with E-state index in [1.54, 1.807) is 0 Å². The SMILES string of the molecule is N#CC#CC#CC#CF. The summed E-state index contributed by atoms with van der Waals surface area (Å²) in [5, 5.41) is 7.82. The van der Waals surface area contributed by atoms with E-state index in [9.17, 15) is 4.39 Å². The van der Waals surface area contributed by atoms with Crippen LogP contribution in [0.1, 0.15) is 0 Å².